The number of ether oxygens (including phenoxy) is 1. The van der Waals surface area contributed by atoms with Crippen molar-refractivity contribution in [1.82, 2.24) is 9.13 Å². The summed E-state index contributed by atoms with van der Waals surface area (Å²) in [4.78, 5) is 0. The number of hydrogen-bond donors (Lipinski definition) is 0. The molecule has 41 heavy (non-hydrogen) atoms. The third kappa shape index (κ3) is 3.10. The Labute approximate surface area is 235 Å². The zero-order valence-corrected chi connectivity index (χ0v) is 22.3. The van der Waals surface area contributed by atoms with Crippen molar-refractivity contribution in [2.75, 3.05) is 7.11 Å². The first-order valence-electron chi connectivity index (χ1n) is 13.8. The number of nitrogens with zero attached hydrogens (tertiary/aromatic N) is 2. The van der Waals surface area contributed by atoms with Crippen molar-refractivity contribution in [3.63, 3.8) is 0 Å². The summed E-state index contributed by atoms with van der Waals surface area (Å²) in [5.74, 6) is 0.863. The molecule has 0 unspecified atom stereocenters. The van der Waals surface area contributed by atoms with E-state index in [0.717, 1.165) is 44.6 Å². The molecule has 0 aliphatic rings. The third-order valence-electron chi connectivity index (χ3n) is 8.42. The number of rotatable bonds is 3. The SMILES string of the molecule is COc1ccc2c(c1)c1ccccc1n2-c1ccc(-n2c3ccccc3c3cc4oc5ccccc5c4cc32)cc1. The van der Waals surface area contributed by atoms with E-state index in [-0.39, 0.29) is 0 Å². The summed E-state index contributed by atoms with van der Waals surface area (Å²) in [5, 5.41) is 7.07. The molecule has 194 valence electrons. The molecule has 0 saturated carbocycles. The molecule has 0 aliphatic carbocycles. The zero-order valence-electron chi connectivity index (χ0n) is 22.3. The average Bonchev–Trinajstić information content (AvgIpc) is 3.67. The second kappa shape index (κ2) is 8.26. The lowest BCUT2D eigenvalue weighted by Crippen LogP contribution is -1.97. The van der Waals surface area contributed by atoms with Gasteiger partial charge in [0, 0.05) is 43.7 Å². The Kier molecular flexibility index (Phi) is 4.50. The second-order valence-electron chi connectivity index (χ2n) is 10.6. The van der Waals surface area contributed by atoms with Gasteiger partial charge in [0.2, 0.25) is 0 Å². The highest BCUT2D eigenvalue weighted by molar-refractivity contribution is 6.17. The zero-order chi connectivity index (χ0) is 27.1. The van der Waals surface area contributed by atoms with Crippen LogP contribution in [0.15, 0.2) is 132 Å². The Hall–Kier alpha value is -5.48. The average molecular weight is 529 g/mol. The first kappa shape index (κ1) is 22.3. The number of fused-ring (bicyclic) bond motifs is 9. The molecule has 4 nitrogen and oxygen atoms in total. The number of hydrogen-bond acceptors (Lipinski definition) is 2. The molecule has 0 bridgehead atoms. The molecule has 0 N–H and O–H groups in total. The fourth-order valence-electron chi connectivity index (χ4n) is 6.57. The molecule has 0 saturated heterocycles. The first-order valence-corrected chi connectivity index (χ1v) is 13.8. The van der Waals surface area contributed by atoms with Gasteiger partial charge in [-0.25, -0.2) is 0 Å². The molecule has 9 rings (SSSR count). The van der Waals surface area contributed by atoms with Gasteiger partial charge in [0.15, 0.2) is 0 Å². The number of para-hydroxylation sites is 3. The van der Waals surface area contributed by atoms with Gasteiger partial charge in [-0.2, -0.15) is 0 Å². The van der Waals surface area contributed by atoms with Gasteiger partial charge in [-0.15, -0.1) is 0 Å². The lowest BCUT2D eigenvalue weighted by atomic mass is 10.1. The maximum atomic E-state index is 6.25. The minimum Gasteiger partial charge on any atom is -0.497 e. The monoisotopic (exact) mass is 528 g/mol. The standard InChI is InChI=1S/C37H24N2O2/c1-40-25-18-19-34-29(20-25)26-8-2-5-11-32(26)38(34)23-14-16-24(17-15-23)39-33-12-6-3-9-27(33)30-22-37-31(21-35(30)39)28-10-4-7-13-36(28)41-37/h2-22H,1H3. The van der Waals surface area contributed by atoms with E-state index in [9.17, 15) is 0 Å². The molecular weight excluding hydrogens is 504 g/mol. The summed E-state index contributed by atoms with van der Waals surface area (Å²) >= 11 is 0. The molecule has 3 aromatic heterocycles. The Balaban J connectivity index is 1.28. The van der Waals surface area contributed by atoms with Crippen molar-refractivity contribution in [2.24, 2.45) is 0 Å². The number of methoxy groups -OCH3 is 1. The Morgan fingerprint density at radius 2 is 1.00 bits per heavy atom. The summed E-state index contributed by atoms with van der Waals surface area (Å²) in [6, 6.07) is 45.1. The van der Waals surface area contributed by atoms with E-state index in [2.05, 4.69) is 118 Å². The van der Waals surface area contributed by atoms with Gasteiger partial charge in [-0.1, -0.05) is 54.6 Å². The first-order chi connectivity index (χ1) is 20.3. The molecule has 0 spiro atoms. The molecule has 9 aromatic rings. The summed E-state index contributed by atoms with van der Waals surface area (Å²) < 4.78 is 16.5. The van der Waals surface area contributed by atoms with Gasteiger partial charge in [0.25, 0.3) is 0 Å². The van der Waals surface area contributed by atoms with E-state index in [0.29, 0.717) is 0 Å². The largest absolute Gasteiger partial charge is 0.497 e. The van der Waals surface area contributed by atoms with Crippen molar-refractivity contribution in [1.29, 1.82) is 0 Å². The lowest BCUT2D eigenvalue weighted by molar-refractivity contribution is 0.415. The van der Waals surface area contributed by atoms with E-state index in [1.54, 1.807) is 7.11 Å². The topological polar surface area (TPSA) is 32.2 Å². The molecule has 6 aromatic carbocycles. The number of furan rings is 1. The Morgan fingerprint density at radius 1 is 0.439 bits per heavy atom. The summed E-state index contributed by atoms with van der Waals surface area (Å²) in [5.41, 5.74) is 8.75. The molecule has 4 heteroatoms. The molecule has 0 radical (unpaired) electrons. The smallest absolute Gasteiger partial charge is 0.136 e. The van der Waals surface area contributed by atoms with Crippen LogP contribution in [0.2, 0.25) is 0 Å². The van der Waals surface area contributed by atoms with Crippen molar-refractivity contribution in [3.8, 4) is 17.1 Å². The predicted molar refractivity (Wildman–Crippen MR) is 169 cm³/mol. The van der Waals surface area contributed by atoms with Crippen LogP contribution in [-0.4, -0.2) is 16.2 Å². The minimum atomic E-state index is 0.863. The van der Waals surface area contributed by atoms with Gasteiger partial charge in [0.05, 0.1) is 29.2 Å². The highest BCUT2D eigenvalue weighted by atomic mass is 16.5. The summed E-state index contributed by atoms with van der Waals surface area (Å²) in [7, 11) is 1.72. The van der Waals surface area contributed by atoms with Crippen molar-refractivity contribution in [3.05, 3.63) is 127 Å². The van der Waals surface area contributed by atoms with Crippen LogP contribution in [0.3, 0.4) is 0 Å². The van der Waals surface area contributed by atoms with Crippen LogP contribution in [0.1, 0.15) is 0 Å². The van der Waals surface area contributed by atoms with Crippen molar-refractivity contribution in [2.45, 2.75) is 0 Å². The van der Waals surface area contributed by atoms with E-state index in [4.69, 9.17) is 9.15 Å². The fraction of sp³-hybridized carbons (Fsp3) is 0.0270. The van der Waals surface area contributed by atoms with Gasteiger partial charge in [0.1, 0.15) is 16.9 Å². The highest BCUT2D eigenvalue weighted by Gasteiger charge is 2.17. The van der Waals surface area contributed by atoms with Crippen molar-refractivity contribution < 1.29 is 9.15 Å². The van der Waals surface area contributed by atoms with Crippen molar-refractivity contribution >= 4 is 65.6 Å². The quantitative estimate of drug-likeness (QED) is 0.229. The normalized spacial score (nSPS) is 12.0. The maximum absolute atomic E-state index is 6.25. The van der Waals surface area contributed by atoms with E-state index in [1.165, 1.54) is 38.1 Å². The maximum Gasteiger partial charge on any atom is 0.136 e. The molecule has 3 heterocycles. The second-order valence-corrected chi connectivity index (χ2v) is 10.6. The summed E-state index contributed by atoms with van der Waals surface area (Å²) in [6.07, 6.45) is 0. The predicted octanol–water partition coefficient (Wildman–Crippen LogP) is 9.79. The summed E-state index contributed by atoms with van der Waals surface area (Å²) in [6.45, 7) is 0. The van der Waals surface area contributed by atoms with Gasteiger partial charge >= 0.3 is 0 Å². The minimum absolute atomic E-state index is 0.863. The third-order valence-corrected chi connectivity index (χ3v) is 8.42. The van der Waals surface area contributed by atoms with Crippen LogP contribution < -0.4 is 4.74 Å². The van der Waals surface area contributed by atoms with Gasteiger partial charge < -0.3 is 18.3 Å². The molecule has 0 fully saturated rings. The molecular formula is C37H24N2O2. The van der Waals surface area contributed by atoms with Crippen LogP contribution in [0.5, 0.6) is 5.75 Å². The fourth-order valence-corrected chi connectivity index (χ4v) is 6.57. The van der Waals surface area contributed by atoms with Crippen LogP contribution >= 0.6 is 0 Å². The van der Waals surface area contributed by atoms with Crippen LogP contribution in [-0.2, 0) is 0 Å². The molecule has 0 atom stereocenters. The van der Waals surface area contributed by atoms with E-state index in [1.807, 2.05) is 18.2 Å². The lowest BCUT2D eigenvalue weighted by Gasteiger charge is -2.12. The number of aromatic nitrogens is 2. The Bertz CT molecular complexity index is 2460. The van der Waals surface area contributed by atoms with Gasteiger partial charge in [-0.05, 0) is 72.8 Å². The Morgan fingerprint density at radius 3 is 1.68 bits per heavy atom. The van der Waals surface area contributed by atoms with Crippen LogP contribution in [0, 0.1) is 0 Å². The van der Waals surface area contributed by atoms with E-state index >= 15 is 0 Å². The van der Waals surface area contributed by atoms with Crippen LogP contribution in [0.25, 0.3) is 76.9 Å². The molecule has 0 amide bonds. The van der Waals surface area contributed by atoms with E-state index < -0.39 is 0 Å². The van der Waals surface area contributed by atoms with Gasteiger partial charge in [-0.3, -0.25) is 0 Å². The highest BCUT2D eigenvalue weighted by Crippen LogP contribution is 2.39. The van der Waals surface area contributed by atoms with Crippen LogP contribution in [0.4, 0.5) is 0 Å². The molecule has 0 aliphatic heterocycles. The number of benzene rings is 6.